The second-order valence-electron chi connectivity index (χ2n) is 2.92. The molecule has 0 aliphatic heterocycles. The molecule has 0 fully saturated rings. The lowest BCUT2D eigenvalue weighted by molar-refractivity contribution is 0.154. The number of hydrogen-bond acceptors (Lipinski definition) is 1. The van der Waals surface area contributed by atoms with Gasteiger partial charge in [0.15, 0.2) is 0 Å². The van der Waals surface area contributed by atoms with Crippen LogP contribution in [0.15, 0.2) is 36.9 Å². The lowest BCUT2D eigenvalue weighted by atomic mass is 10.1. The molecule has 0 spiro atoms. The molecule has 0 radical (unpaired) electrons. The molecule has 0 heterocycles. The Morgan fingerprint density at radius 1 is 1.31 bits per heavy atom. The second kappa shape index (κ2) is 5.55. The number of benzene rings is 1. The van der Waals surface area contributed by atoms with E-state index in [1.807, 2.05) is 25.1 Å². The zero-order valence-corrected chi connectivity index (χ0v) is 8.12. The molecule has 0 unspecified atom stereocenters. The van der Waals surface area contributed by atoms with E-state index >= 15 is 0 Å². The summed E-state index contributed by atoms with van der Waals surface area (Å²) in [4.78, 5) is 0. The first kappa shape index (κ1) is 10.0. The zero-order valence-electron chi connectivity index (χ0n) is 8.12. The van der Waals surface area contributed by atoms with Crippen LogP contribution in [-0.4, -0.2) is 13.2 Å². The molecule has 0 N–H and O–H groups in total. The van der Waals surface area contributed by atoms with Crippen LogP contribution in [0.5, 0.6) is 0 Å². The fraction of sp³-hybridized carbons (Fsp3) is 0.333. The normalized spacial score (nSPS) is 9.92. The van der Waals surface area contributed by atoms with E-state index in [0.29, 0.717) is 0 Å². The van der Waals surface area contributed by atoms with Crippen LogP contribution in [0.2, 0.25) is 0 Å². The minimum Gasteiger partial charge on any atom is -0.381 e. The third kappa shape index (κ3) is 3.43. The molecule has 0 atom stereocenters. The van der Waals surface area contributed by atoms with Crippen molar-refractivity contribution >= 4 is 5.57 Å². The Hall–Kier alpha value is -1.08. The van der Waals surface area contributed by atoms with E-state index in [9.17, 15) is 0 Å². The number of rotatable bonds is 5. The van der Waals surface area contributed by atoms with Gasteiger partial charge in [-0.1, -0.05) is 36.9 Å². The van der Waals surface area contributed by atoms with Crippen LogP contribution < -0.4 is 0 Å². The van der Waals surface area contributed by atoms with E-state index in [0.717, 1.165) is 25.2 Å². The maximum absolute atomic E-state index is 5.26. The molecule has 1 aromatic rings. The molecule has 13 heavy (non-hydrogen) atoms. The van der Waals surface area contributed by atoms with Gasteiger partial charge in [0.2, 0.25) is 0 Å². The summed E-state index contributed by atoms with van der Waals surface area (Å²) in [6, 6.07) is 10.2. The van der Waals surface area contributed by atoms with Crippen molar-refractivity contribution in [2.45, 2.75) is 13.3 Å². The SMILES string of the molecule is C=C(CCOCC)c1ccccc1. The highest BCUT2D eigenvalue weighted by atomic mass is 16.5. The van der Waals surface area contributed by atoms with Crippen LogP contribution in [-0.2, 0) is 4.74 Å². The fourth-order valence-corrected chi connectivity index (χ4v) is 1.16. The van der Waals surface area contributed by atoms with Crippen molar-refractivity contribution in [3.8, 4) is 0 Å². The molecule has 0 aliphatic carbocycles. The van der Waals surface area contributed by atoms with E-state index in [1.165, 1.54) is 5.56 Å². The lowest BCUT2D eigenvalue weighted by Crippen LogP contribution is -1.94. The molecule has 0 aromatic heterocycles. The second-order valence-corrected chi connectivity index (χ2v) is 2.92. The van der Waals surface area contributed by atoms with Crippen LogP contribution in [0, 0.1) is 0 Å². The van der Waals surface area contributed by atoms with Crippen LogP contribution in [0.3, 0.4) is 0 Å². The van der Waals surface area contributed by atoms with Crippen molar-refractivity contribution in [3.63, 3.8) is 0 Å². The molecule has 0 aliphatic rings. The highest BCUT2D eigenvalue weighted by molar-refractivity contribution is 5.62. The van der Waals surface area contributed by atoms with E-state index in [1.54, 1.807) is 0 Å². The topological polar surface area (TPSA) is 9.23 Å². The summed E-state index contributed by atoms with van der Waals surface area (Å²) < 4.78 is 5.26. The average molecular weight is 176 g/mol. The Kier molecular flexibility index (Phi) is 4.27. The van der Waals surface area contributed by atoms with Crippen molar-refractivity contribution in [1.29, 1.82) is 0 Å². The van der Waals surface area contributed by atoms with Gasteiger partial charge in [0.1, 0.15) is 0 Å². The molecule has 1 nitrogen and oxygen atoms in total. The van der Waals surface area contributed by atoms with Gasteiger partial charge in [0, 0.05) is 6.61 Å². The van der Waals surface area contributed by atoms with Crippen molar-refractivity contribution in [1.82, 2.24) is 0 Å². The molecule has 1 aromatic carbocycles. The molecule has 70 valence electrons. The first-order chi connectivity index (χ1) is 6.34. The van der Waals surface area contributed by atoms with Gasteiger partial charge in [-0.15, -0.1) is 0 Å². The quantitative estimate of drug-likeness (QED) is 0.626. The summed E-state index contributed by atoms with van der Waals surface area (Å²) in [6.07, 6.45) is 0.915. The molecule has 1 heteroatoms. The number of ether oxygens (including phenoxy) is 1. The molecular weight excluding hydrogens is 160 g/mol. The van der Waals surface area contributed by atoms with Crippen LogP contribution >= 0.6 is 0 Å². The fourth-order valence-electron chi connectivity index (χ4n) is 1.16. The molecule has 1 rings (SSSR count). The molecular formula is C12H16O. The summed E-state index contributed by atoms with van der Waals surface area (Å²) in [7, 11) is 0. The van der Waals surface area contributed by atoms with Gasteiger partial charge in [-0.3, -0.25) is 0 Å². The predicted molar refractivity (Wildman–Crippen MR) is 56.6 cm³/mol. The van der Waals surface area contributed by atoms with Crippen LogP contribution in [0.4, 0.5) is 0 Å². The van der Waals surface area contributed by atoms with Gasteiger partial charge in [-0.2, -0.15) is 0 Å². The summed E-state index contributed by atoms with van der Waals surface area (Å²) in [6.45, 7) is 7.57. The third-order valence-corrected chi connectivity index (χ3v) is 1.93. The van der Waals surface area contributed by atoms with Crippen molar-refractivity contribution in [2.24, 2.45) is 0 Å². The van der Waals surface area contributed by atoms with Crippen molar-refractivity contribution in [2.75, 3.05) is 13.2 Å². The first-order valence-electron chi connectivity index (χ1n) is 4.65. The highest BCUT2D eigenvalue weighted by Crippen LogP contribution is 2.14. The Balaban J connectivity index is 2.40. The van der Waals surface area contributed by atoms with Gasteiger partial charge >= 0.3 is 0 Å². The molecule has 0 amide bonds. The third-order valence-electron chi connectivity index (χ3n) is 1.93. The summed E-state index contributed by atoms with van der Waals surface area (Å²) >= 11 is 0. The summed E-state index contributed by atoms with van der Waals surface area (Å²) in [5, 5.41) is 0. The smallest absolute Gasteiger partial charge is 0.0506 e. The van der Waals surface area contributed by atoms with E-state index < -0.39 is 0 Å². The minimum absolute atomic E-state index is 0.768. The lowest BCUT2D eigenvalue weighted by Gasteiger charge is -2.05. The maximum atomic E-state index is 5.26. The Morgan fingerprint density at radius 3 is 2.62 bits per heavy atom. The predicted octanol–water partition coefficient (Wildman–Crippen LogP) is 3.13. The number of hydrogen-bond donors (Lipinski definition) is 0. The van der Waals surface area contributed by atoms with Crippen LogP contribution in [0.1, 0.15) is 18.9 Å². The Labute approximate surface area is 80.0 Å². The average Bonchev–Trinajstić information content (AvgIpc) is 2.19. The van der Waals surface area contributed by atoms with Gasteiger partial charge in [0.25, 0.3) is 0 Å². The van der Waals surface area contributed by atoms with Crippen molar-refractivity contribution in [3.05, 3.63) is 42.5 Å². The summed E-state index contributed by atoms with van der Waals surface area (Å²) in [5.41, 5.74) is 2.36. The van der Waals surface area contributed by atoms with Gasteiger partial charge in [-0.05, 0) is 24.5 Å². The minimum atomic E-state index is 0.768. The Morgan fingerprint density at radius 2 is 2.00 bits per heavy atom. The van der Waals surface area contributed by atoms with E-state index in [2.05, 4.69) is 18.7 Å². The van der Waals surface area contributed by atoms with E-state index in [4.69, 9.17) is 4.74 Å². The van der Waals surface area contributed by atoms with Gasteiger partial charge < -0.3 is 4.74 Å². The molecule has 0 saturated heterocycles. The van der Waals surface area contributed by atoms with Crippen LogP contribution in [0.25, 0.3) is 5.57 Å². The molecule has 0 saturated carbocycles. The van der Waals surface area contributed by atoms with Gasteiger partial charge in [0.05, 0.1) is 6.61 Å². The zero-order chi connectivity index (χ0) is 9.52. The standard InChI is InChI=1S/C12H16O/c1-3-13-10-9-11(2)12-7-5-4-6-8-12/h4-8H,2-3,9-10H2,1H3. The maximum Gasteiger partial charge on any atom is 0.0506 e. The first-order valence-corrected chi connectivity index (χ1v) is 4.65. The summed E-state index contributed by atoms with van der Waals surface area (Å²) in [5.74, 6) is 0. The Bertz CT molecular complexity index is 251. The highest BCUT2D eigenvalue weighted by Gasteiger charge is 1.96. The van der Waals surface area contributed by atoms with Gasteiger partial charge in [-0.25, -0.2) is 0 Å². The van der Waals surface area contributed by atoms with E-state index in [-0.39, 0.29) is 0 Å². The van der Waals surface area contributed by atoms with Crippen molar-refractivity contribution < 1.29 is 4.74 Å². The molecule has 0 bridgehead atoms. The largest absolute Gasteiger partial charge is 0.381 e. The monoisotopic (exact) mass is 176 g/mol.